The molecular formula is C10H10ClF2N3S. The van der Waals surface area contributed by atoms with Gasteiger partial charge in [-0.05, 0) is 18.1 Å². The van der Waals surface area contributed by atoms with Crippen molar-refractivity contribution in [2.45, 2.75) is 18.8 Å². The first-order valence-electron chi connectivity index (χ1n) is 5.21. The molecular weight excluding hydrogens is 268 g/mol. The quantitative estimate of drug-likeness (QED) is 0.663. The molecule has 1 unspecified atom stereocenters. The highest BCUT2D eigenvalue weighted by Crippen LogP contribution is 2.52. The second-order valence-electron chi connectivity index (χ2n) is 4.36. The standard InChI is InChI=1S/C10H10ClF2N3S/c1-16-9-8(15-17-16)5(3-7(11)14-9)2-6-4-10(6,12)13/h3,6,15H,2,4H2,1H3. The van der Waals surface area contributed by atoms with Crippen LogP contribution in [0.1, 0.15) is 12.0 Å². The Kier molecular flexibility index (Phi) is 2.42. The lowest BCUT2D eigenvalue weighted by molar-refractivity contribution is 0.0989. The Labute approximate surface area is 107 Å². The van der Waals surface area contributed by atoms with Gasteiger partial charge in [-0.25, -0.2) is 13.8 Å². The second-order valence-corrected chi connectivity index (χ2v) is 5.68. The van der Waals surface area contributed by atoms with E-state index < -0.39 is 11.8 Å². The molecule has 1 aliphatic heterocycles. The average Bonchev–Trinajstić information content (AvgIpc) is 2.66. The lowest BCUT2D eigenvalue weighted by atomic mass is 10.1. The van der Waals surface area contributed by atoms with Gasteiger partial charge in [-0.3, -0.25) is 4.31 Å². The summed E-state index contributed by atoms with van der Waals surface area (Å²) in [5, 5.41) is 0.346. The van der Waals surface area contributed by atoms with Crippen LogP contribution in [-0.4, -0.2) is 18.0 Å². The highest BCUT2D eigenvalue weighted by atomic mass is 35.5. The van der Waals surface area contributed by atoms with E-state index in [0.29, 0.717) is 17.4 Å². The van der Waals surface area contributed by atoms with E-state index in [4.69, 9.17) is 11.6 Å². The fourth-order valence-corrected chi connectivity index (χ4v) is 2.84. The first kappa shape index (κ1) is 11.3. The fourth-order valence-electron chi connectivity index (χ4n) is 1.96. The Hall–Kier alpha value is -0.750. The van der Waals surface area contributed by atoms with Crippen LogP contribution in [0.3, 0.4) is 0 Å². The van der Waals surface area contributed by atoms with Crippen molar-refractivity contribution in [2.24, 2.45) is 5.92 Å². The smallest absolute Gasteiger partial charge is 0.251 e. The van der Waals surface area contributed by atoms with Gasteiger partial charge >= 0.3 is 0 Å². The summed E-state index contributed by atoms with van der Waals surface area (Å²) in [6.07, 6.45) is 0.323. The molecule has 2 aliphatic rings. The highest BCUT2D eigenvalue weighted by Gasteiger charge is 2.56. The minimum Gasteiger partial charge on any atom is -0.308 e. The summed E-state index contributed by atoms with van der Waals surface area (Å²) in [4.78, 5) is 4.18. The Morgan fingerprint density at radius 1 is 1.71 bits per heavy atom. The molecule has 3 nitrogen and oxygen atoms in total. The number of nitrogens with zero attached hydrogens (tertiary/aromatic N) is 2. The lowest BCUT2D eigenvalue weighted by Gasteiger charge is -2.09. The molecule has 1 aromatic heterocycles. The van der Waals surface area contributed by atoms with Crippen molar-refractivity contribution in [2.75, 3.05) is 16.1 Å². The van der Waals surface area contributed by atoms with Crippen LogP contribution in [0.2, 0.25) is 5.15 Å². The van der Waals surface area contributed by atoms with E-state index in [9.17, 15) is 8.78 Å². The predicted molar refractivity (Wildman–Crippen MR) is 65.6 cm³/mol. The van der Waals surface area contributed by atoms with Crippen molar-refractivity contribution in [1.82, 2.24) is 4.98 Å². The molecule has 7 heteroatoms. The van der Waals surface area contributed by atoms with Crippen LogP contribution in [-0.2, 0) is 6.42 Å². The molecule has 17 heavy (non-hydrogen) atoms. The highest BCUT2D eigenvalue weighted by molar-refractivity contribution is 8.02. The number of halogens is 3. The van der Waals surface area contributed by atoms with E-state index in [2.05, 4.69) is 9.71 Å². The third-order valence-corrected chi connectivity index (χ3v) is 3.99. The minimum atomic E-state index is -2.50. The molecule has 0 bridgehead atoms. The monoisotopic (exact) mass is 277 g/mol. The summed E-state index contributed by atoms with van der Waals surface area (Å²) in [5.41, 5.74) is 1.63. The molecule has 0 saturated heterocycles. The number of anilines is 2. The normalized spacial score (nSPS) is 24.5. The first-order chi connectivity index (χ1) is 7.97. The summed E-state index contributed by atoms with van der Waals surface area (Å²) in [5.74, 6) is -2.34. The van der Waals surface area contributed by atoms with Crippen molar-refractivity contribution in [3.8, 4) is 0 Å². The number of alkyl halides is 2. The van der Waals surface area contributed by atoms with Crippen molar-refractivity contribution in [1.29, 1.82) is 0 Å². The molecule has 3 rings (SSSR count). The molecule has 0 radical (unpaired) electrons. The zero-order valence-corrected chi connectivity index (χ0v) is 10.6. The molecule has 1 aromatic rings. The maximum Gasteiger partial charge on any atom is 0.251 e. The van der Waals surface area contributed by atoms with Gasteiger partial charge in [-0.15, -0.1) is 0 Å². The number of aromatic nitrogens is 1. The van der Waals surface area contributed by atoms with Crippen LogP contribution in [0.25, 0.3) is 0 Å². The molecule has 1 saturated carbocycles. The maximum atomic E-state index is 12.9. The SMILES string of the molecule is CN1SNc2c(CC3CC3(F)F)cc(Cl)nc21. The molecule has 0 spiro atoms. The van der Waals surface area contributed by atoms with Crippen LogP contribution >= 0.6 is 23.7 Å². The van der Waals surface area contributed by atoms with Gasteiger partial charge < -0.3 is 4.72 Å². The van der Waals surface area contributed by atoms with Gasteiger partial charge in [0.2, 0.25) is 0 Å². The Morgan fingerprint density at radius 2 is 2.41 bits per heavy atom. The predicted octanol–water partition coefficient (Wildman–Crippen LogP) is 3.36. The number of fused-ring (bicyclic) bond motifs is 1. The third kappa shape index (κ3) is 1.93. The summed E-state index contributed by atoms with van der Waals surface area (Å²) in [6, 6.07) is 1.67. The molecule has 1 N–H and O–H groups in total. The van der Waals surface area contributed by atoms with Gasteiger partial charge in [0, 0.05) is 19.4 Å². The number of pyridine rings is 1. The van der Waals surface area contributed by atoms with Crippen LogP contribution in [0, 0.1) is 5.92 Å². The van der Waals surface area contributed by atoms with Gasteiger partial charge in [-0.2, -0.15) is 0 Å². The fraction of sp³-hybridized carbons (Fsp3) is 0.500. The average molecular weight is 278 g/mol. The van der Waals surface area contributed by atoms with E-state index in [1.165, 1.54) is 12.1 Å². The summed E-state index contributed by atoms with van der Waals surface area (Å²) >= 11 is 7.28. The van der Waals surface area contributed by atoms with Gasteiger partial charge in [-0.1, -0.05) is 11.6 Å². The van der Waals surface area contributed by atoms with E-state index in [0.717, 1.165) is 11.3 Å². The zero-order chi connectivity index (χ0) is 12.2. The van der Waals surface area contributed by atoms with Crippen molar-refractivity contribution in [3.63, 3.8) is 0 Å². The zero-order valence-electron chi connectivity index (χ0n) is 9.01. The number of hydrogen-bond donors (Lipinski definition) is 1. The summed E-state index contributed by atoms with van der Waals surface area (Å²) in [7, 11) is 1.85. The second kappa shape index (κ2) is 3.62. The third-order valence-electron chi connectivity index (χ3n) is 3.06. The maximum absolute atomic E-state index is 12.9. The first-order valence-corrected chi connectivity index (χ1v) is 6.36. The number of hydrogen-bond acceptors (Lipinski definition) is 4. The van der Waals surface area contributed by atoms with Crippen molar-refractivity contribution < 1.29 is 8.78 Å². The molecule has 92 valence electrons. The van der Waals surface area contributed by atoms with Crippen LogP contribution in [0.15, 0.2) is 6.07 Å². The van der Waals surface area contributed by atoms with Gasteiger partial charge in [0.25, 0.3) is 5.92 Å². The Morgan fingerprint density at radius 3 is 3.06 bits per heavy atom. The van der Waals surface area contributed by atoms with E-state index >= 15 is 0 Å². The molecule has 0 amide bonds. The van der Waals surface area contributed by atoms with Crippen LogP contribution in [0.4, 0.5) is 20.3 Å². The summed E-state index contributed by atoms with van der Waals surface area (Å²) < 4.78 is 30.8. The number of nitrogens with one attached hydrogen (secondary N) is 1. The van der Waals surface area contributed by atoms with Crippen molar-refractivity contribution >= 4 is 35.2 Å². The van der Waals surface area contributed by atoms with Gasteiger partial charge in [0.15, 0.2) is 5.82 Å². The largest absolute Gasteiger partial charge is 0.308 e. The Balaban J connectivity index is 1.92. The minimum absolute atomic E-state index is 0.0231. The molecule has 2 heterocycles. The van der Waals surface area contributed by atoms with Crippen LogP contribution in [0.5, 0.6) is 0 Å². The van der Waals surface area contributed by atoms with Crippen LogP contribution < -0.4 is 9.03 Å². The molecule has 1 atom stereocenters. The van der Waals surface area contributed by atoms with Gasteiger partial charge in [0.05, 0.1) is 17.8 Å². The molecule has 1 aliphatic carbocycles. The van der Waals surface area contributed by atoms with E-state index in [1.807, 2.05) is 11.4 Å². The molecule has 1 fully saturated rings. The Bertz CT molecular complexity index is 483. The van der Waals surface area contributed by atoms with E-state index in [-0.39, 0.29) is 6.42 Å². The summed E-state index contributed by atoms with van der Waals surface area (Å²) in [6.45, 7) is 0. The van der Waals surface area contributed by atoms with Gasteiger partial charge in [0.1, 0.15) is 5.15 Å². The molecule has 0 aromatic carbocycles. The van der Waals surface area contributed by atoms with E-state index in [1.54, 1.807) is 6.07 Å². The topological polar surface area (TPSA) is 28.2 Å². The number of rotatable bonds is 2. The lowest BCUT2D eigenvalue weighted by Crippen LogP contribution is -2.04. The van der Waals surface area contributed by atoms with Crippen molar-refractivity contribution in [3.05, 3.63) is 16.8 Å².